The fraction of sp³-hybridized carbons (Fsp3) is 0.267. The zero-order chi connectivity index (χ0) is 14.3. The van der Waals surface area contributed by atoms with Gasteiger partial charge >= 0.3 is 0 Å². The summed E-state index contributed by atoms with van der Waals surface area (Å²) in [5.41, 5.74) is 3.48. The molecule has 0 aliphatic heterocycles. The van der Waals surface area contributed by atoms with E-state index in [0.29, 0.717) is 0 Å². The lowest BCUT2D eigenvalue weighted by Crippen LogP contribution is -2.07. The Kier molecular flexibility index (Phi) is 3.73. The molecule has 0 unspecified atom stereocenters. The van der Waals surface area contributed by atoms with Crippen LogP contribution in [0.4, 0.5) is 0 Å². The van der Waals surface area contributed by atoms with E-state index in [2.05, 4.69) is 83.6 Å². The van der Waals surface area contributed by atoms with Crippen LogP contribution in [-0.2, 0) is 13.1 Å². The minimum atomic E-state index is 0.815. The molecule has 0 spiro atoms. The zero-order valence-electron chi connectivity index (χ0n) is 11.4. The smallest absolute Gasteiger partial charge is 0.0739 e. The van der Waals surface area contributed by atoms with E-state index < -0.39 is 0 Å². The van der Waals surface area contributed by atoms with Crippen molar-refractivity contribution in [3.63, 3.8) is 0 Å². The molecule has 2 aromatic heterocycles. The van der Waals surface area contributed by atoms with Gasteiger partial charge in [-0.2, -0.15) is 5.10 Å². The molecule has 0 saturated heterocycles. The van der Waals surface area contributed by atoms with Crippen molar-refractivity contribution in [2.24, 2.45) is 0 Å². The predicted molar refractivity (Wildman–Crippen MR) is 89.1 cm³/mol. The number of hydrogen-bond acceptors (Lipinski definition) is 1. The number of hydrogen-bond donors (Lipinski definition) is 0. The Morgan fingerprint density at radius 2 is 2.00 bits per heavy atom. The molecule has 3 aromatic rings. The van der Waals surface area contributed by atoms with Gasteiger partial charge < -0.3 is 4.57 Å². The van der Waals surface area contributed by atoms with Crippen molar-refractivity contribution < 1.29 is 0 Å². The first-order chi connectivity index (χ1) is 9.61. The second-order valence-electron chi connectivity index (χ2n) is 4.78. The van der Waals surface area contributed by atoms with E-state index in [1.54, 1.807) is 0 Å². The maximum atomic E-state index is 4.55. The summed E-state index contributed by atoms with van der Waals surface area (Å²) in [4.78, 5) is 0. The molecule has 0 N–H and O–H groups in total. The minimum absolute atomic E-state index is 0.815. The normalized spacial score (nSPS) is 11.4. The highest BCUT2D eigenvalue weighted by Crippen LogP contribution is 2.27. The fourth-order valence-corrected chi connectivity index (χ4v) is 3.40. The lowest BCUT2D eigenvalue weighted by Gasteiger charge is -2.08. The summed E-state index contributed by atoms with van der Waals surface area (Å²) in [7, 11) is 0. The summed E-state index contributed by atoms with van der Waals surface area (Å²) >= 11 is 7.26. The van der Waals surface area contributed by atoms with Crippen LogP contribution in [0.15, 0.2) is 39.4 Å². The SMILES string of the molecule is CCn1nc(C)c(Br)c1Cn1ccc2c(Br)cccc21. The van der Waals surface area contributed by atoms with Gasteiger partial charge in [-0.3, -0.25) is 4.68 Å². The summed E-state index contributed by atoms with van der Waals surface area (Å²) in [6, 6.07) is 8.43. The summed E-state index contributed by atoms with van der Waals surface area (Å²) in [5.74, 6) is 0. The molecule has 0 aliphatic carbocycles. The highest BCUT2D eigenvalue weighted by molar-refractivity contribution is 9.11. The number of aromatic nitrogens is 3. The van der Waals surface area contributed by atoms with Crippen molar-refractivity contribution in [3.8, 4) is 0 Å². The Labute approximate surface area is 134 Å². The number of nitrogens with zero attached hydrogens (tertiary/aromatic N) is 3. The zero-order valence-corrected chi connectivity index (χ0v) is 14.6. The molecule has 0 radical (unpaired) electrons. The van der Waals surface area contributed by atoms with E-state index in [-0.39, 0.29) is 0 Å². The summed E-state index contributed by atoms with van der Waals surface area (Å²) in [5, 5.41) is 5.79. The van der Waals surface area contributed by atoms with Gasteiger partial charge in [-0.15, -0.1) is 0 Å². The topological polar surface area (TPSA) is 22.8 Å². The number of halogens is 2. The van der Waals surface area contributed by atoms with Crippen LogP contribution >= 0.6 is 31.9 Å². The Hall–Kier alpha value is -1.07. The molecule has 0 atom stereocenters. The molecule has 0 bridgehead atoms. The van der Waals surface area contributed by atoms with Gasteiger partial charge in [0.2, 0.25) is 0 Å². The fourth-order valence-electron chi connectivity index (χ4n) is 2.51. The van der Waals surface area contributed by atoms with Crippen LogP contribution in [0.25, 0.3) is 10.9 Å². The Morgan fingerprint density at radius 1 is 1.20 bits per heavy atom. The molecule has 0 aliphatic rings. The van der Waals surface area contributed by atoms with E-state index in [0.717, 1.165) is 27.7 Å². The summed E-state index contributed by atoms with van der Waals surface area (Å²) in [6.45, 7) is 5.84. The van der Waals surface area contributed by atoms with Gasteiger partial charge in [0, 0.05) is 28.1 Å². The van der Waals surface area contributed by atoms with Crippen molar-refractivity contribution in [1.29, 1.82) is 0 Å². The van der Waals surface area contributed by atoms with Gasteiger partial charge in [0.15, 0.2) is 0 Å². The standard InChI is InChI=1S/C15H15Br2N3/c1-3-20-14(15(17)10(2)18-20)9-19-8-7-11-12(16)5-4-6-13(11)19/h4-8H,3,9H2,1-2H3. The molecule has 20 heavy (non-hydrogen) atoms. The third kappa shape index (κ3) is 2.23. The monoisotopic (exact) mass is 395 g/mol. The van der Waals surface area contributed by atoms with Crippen LogP contribution in [0.2, 0.25) is 0 Å². The van der Waals surface area contributed by atoms with E-state index >= 15 is 0 Å². The van der Waals surface area contributed by atoms with Gasteiger partial charge in [0.25, 0.3) is 0 Å². The van der Waals surface area contributed by atoms with E-state index in [1.165, 1.54) is 16.6 Å². The molecule has 104 valence electrons. The summed E-state index contributed by atoms with van der Waals surface area (Å²) < 4.78 is 6.56. The Balaban J connectivity index is 2.08. The minimum Gasteiger partial charge on any atom is -0.341 e. The van der Waals surface area contributed by atoms with Gasteiger partial charge in [0.1, 0.15) is 0 Å². The van der Waals surface area contributed by atoms with Gasteiger partial charge in [-0.05, 0) is 48.0 Å². The average Bonchev–Trinajstić information content (AvgIpc) is 2.96. The maximum Gasteiger partial charge on any atom is 0.0739 e. The molecule has 3 rings (SSSR count). The molecular formula is C15H15Br2N3. The van der Waals surface area contributed by atoms with Gasteiger partial charge in [-0.1, -0.05) is 22.0 Å². The molecular weight excluding hydrogens is 382 g/mol. The first-order valence-corrected chi connectivity index (χ1v) is 8.15. The first-order valence-electron chi connectivity index (χ1n) is 6.57. The highest BCUT2D eigenvalue weighted by atomic mass is 79.9. The Bertz CT molecular complexity index is 771. The van der Waals surface area contributed by atoms with Crippen LogP contribution in [-0.4, -0.2) is 14.3 Å². The third-order valence-corrected chi connectivity index (χ3v) is 5.26. The number of benzene rings is 1. The number of fused-ring (bicyclic) bond motifs is 1. The molecule has 0 fully saturated rings. The largest absolute Gasteiger partial charge is 0.341 e. The molecule has 1 aromatic carbocycles. The number of aryl methyl sites for hydroxylation is 2. The van der Waals surface area contributed by atoms with Gasteiger partial charge in [-0.25, -0.2) is 0 Å². The molecule has 5 heteroatoms. The summed E-state index contributed by atoms with van der Waals surface area (Å²) in [6.07, 6.45) is 2.13. The van der Waals surface area contributed by atoms with Crippen molar-refractivity contribution >= 4 is 42.8 Å². The van der Waals surface area contributed by atoms with Gasteiger partial charge in [0.05, 0.1) is 22.4 Å². The number of rotatable bonds is 3. The second-order valence-corrected chi connectivity index (χ2v) is 6.43. The highest BCUT2D eigenvalue weighted by Gasteiger charge is 2.13. The van der Waals surface area contributed by atoms with E-state index in [4.69, 9.17) is 0 Å². The first kappa shape index (κ1) is 13.9. The van der Waals surface area contributed by atoms with E-state index in [9.17, 15) is 0 Å². The van der Waals surface area contributed by atoms with Crippen molar-refractivity contribution in [1.82, 2.24) is 14.3 Å². The predicted octanol–water partition coefficient (Wildman–Crippen LogP) is 4.74. The molecule has 2 heterocycles. The van der Waals surface area contributed by atoms with Crippen LogP contribution < -0.4 is 0 Å². The molecule has 0 amide bonds. The third-order valence-electron chi connectivity index (χ3n) is 3.53. The Morgan fingerprint density at radius 3 is 2.75 bits per heavy atom. The maximum absolute atomic E-state index is 4.55. The van der Waals surface area contributed by atoms with Crippen LogP contribution in [0.3, 0.4) is 0 Å². The van der Waals surface area contributed by atoms with Crippen molar-refractivity contribution in [3.05, 3.63) is 50.8 Å². The lowest BCUT2D eigenvalue weighted by atomic mass is 10.2. The van der Waals surface area contributed by atoms with Crippen LogP contribution in [0, 0.1) is 6.92 Å². The van der Waals surface area contributed by atoms with Crippen molar-refractivity contribution in [2.75, 3.05) is 0 Å². The average molecular weight is 397 g/mol. The molecule has 0 saturated carbocycles. The van der Waals surface area contributed by atoms with Crippen LogP contribution in [0.1, 0.15) is 18.3 Å². The van der Waals surface area contributed by atoms with Crippen molar-refractivity contribution in [2.45, 2.75) is 26.9 Å². The lowest BCUT2D eigenvalue weighted by molar-refractivity contribution is 0.601. The second kappa shape index (κ2) is 5.37. The van der Waals surface area contributed by atoms with E-state index in [1.807, 2.05) is 6.92 Å². The van der Waals surface area contributed by atoms with Crippen LogP contribution in [0.5, 0.6) is 0 Å². The quantitative estimate of drug-likeness (QED) is 0.626. The molecule has 3 nitrogen and oxygen atoms in total.